The van der Waals surface area contributed by atoms with Crippen LogP contribution in [0.1, 0.15) is 189 Å². The summed E-state index contributed by atoms with van der Waals surface area (Å²) < 4.78 is 47.6. The zero-order valence-electron chi connectivity index (χ0n) is 60.6. The van der Waals surface area contributed by atoms with Crippen molar-refractivity contribution in [2.75, 3.05) is 80.7 Å². The maximum Gasteiger partial charge on any atom is 0.393 e. The second-order valence-electron chi connectivity index (χ2n) is 30.4. The molecule has 0 radical (unpaired) electrons. The Labute approximate surface area is 592 Å². The van der Waals surface area contributed by atoms with Crippen LogP contribution in [0.2, 0.25) is 0 Å². The van der Waals surface area contributed by atoms with Crippen molar-refractivity contribution in [1.82, 2.24) is 60.5 Å². The molecule has 29 heteroatoms. The Morgan fingerprint density at radius 2 is 1.25 bits per heavy atom. The van der Waals surface area contributed by atoms with Gasteiger partial charge in [0.15, 0.2) is 0 Å². The van der Waals surface area contributed by atoms with Crippen molar-refractivity contribution >= 4 is 82.5 Å². The number of halogens is 4. The van der Waals surface area contributed by atoms with Crippen LogP contribution in [0.3, 0.4) is 0 Å². The SMILES string of the molecule is CC[C@H](C)[C@@H]1NC(=O)[C@H](CC(C)C)N(CC)C(=O)C[C@@H](C(=O)N2CCOCC2)N(C)C(=O)[C@H](C2CCCC2)N(C)C(=O)C2(CCCC2)NC(=O)[C@@H]2CCCN2C(=O)[C@H](CCC2CCC(C(F)(F)F)C(Cl)C2)NC(=O)CN(C)C(=O)[C@H](C2CCCC2)N(C)C(=O)[C@@H]2CCN2C(=O)[C@H](C)NC1=O. The van der Waals surface area contributed by atoms with E-state index in [1.54, 1.807) is 13.8 Å². The average Bonchev–Trinajstić information content (AvgIpc) is 1.43. The molecule has 562 valence electrons. The molecule has 13 atom stereocenters. The van der Waals surface area contributed by atoms with Gasteiger partial charge < -0.3 is 65.2 Å². The first kappa shape index (κ1) is 79.4. The van der Waals surface area contributed by atoms with E-state index in [0.29, 0.717) is 51.4 Å². The number of rotatable bonds is 11. The molecular formula is C71H112ClF3N12O13. The molecule has 0 aromatic heterocycles. The van der Waals surface area contributed by atoms with Crippen molar-refractivity contribution in [3.05, 3.63) is 0 Å². The third kappa shape index (κ3) is 18.4. The normalized spacial score (nSPS) is 31.7. The van der Waals surface area contributed by atoms with Crippen LogP contribution in [-0.4, -0.2) is 262 Å². The molecule has 8 fully saturated rings. The lowest BCUT2D eigenvalue weighted by Crippen LogP contribution is -2.65. The fourth-order valence-electron chi connectivity index (χ4n) is 17.1. The predicted molar refractivity (Wildman–Crippen MR) is 365 cm³/mol. The van der Waals surface area contributed by atoms with E-state index < -0.39 is 173 Å². The maximum atomic E-state index is 15.8. The molecule has 8 aliphatic rings. The average molecular weight is 1430 g/mol. The molecule has 0 aromatic rings. The highest BCUT2D eigenvalue weighted by atomic mass is 35.5. The smallest absolute Gasteiger partial charge is 0.378 e. The second kappa shape index (κ2) is 34.8. The van der Waals surface area contributed by atoms with Gasteiger partial charge in [-0.3, -0.25) is 57.5 Å². The number of likely N-dealkylation sites (N-methyl/N-ethyl adjacent to an activating group) is 5. The minimum Gasteiger partial charge on any atom is -0.378 e. The first-order chi connectivity index (χ1) is 47.3. The molecule has 4 aliphatic carbocycles. The summed E-state index contributed by atoms with van der Waals surface area (Å²) in [7, 11) is 5.85. The topological polar surface area (TPSA) is 288 Å². The number of carbonyl (C=O) groups is 12. The number of amides is 12. The Morgan fingerprint density at radius 1 is 0.640 bits per heavy atom. The van der Waals surface area contributed by atoms with Gasteiger partial charge in [0.05, 0.1) is 32.1 Å². The molecule has 4 N–H and O–H groups in total. The fraction of sp³-hybridized carbons (Fsp3) is 0.831. The molecule has 12 amide bonds. The minimum absolute atomic E-state index is 0.000932. The number of hydrogen-bond donors (Lipinski definition) is 4. The molecule has 4 heterocycles. The van der Waals surface area contributed by atoms with Gasteiger partial charge in [-0.25, -0.2) is 0 Å². The lowest BCUT2D eigenvalue weighted by molar-refractivity contribution is -0.182. The van der Waals surface area contributed by atoms with E-state index in [2.05, 4.69) is 21.3 Å². The summed E-state index contributed by atoms with van der Waals surface area (Å²) in [6, 6.07) is -10.8. The molecule has 100 heavy (non-hydrogen) atoms. The van der Waals surface area contributed by atoms with E-state index in [1.165, 1.54) is 74.3 Å². The molecule has 25 nitrogen and oxygen atoms in total. The molecule has 4 saturated carbocycles. The summed E-state index contributed by atoms with van der Waals surface area (Å²) in [5.41, 5.74) is -1.56. The van der Waals surface area contributed by atoms with Gasteiger partial charge in [0.1, 0.15) is 59.9 Å². The van der Waals surface area contributed by atoms with Crippen LogP contribution in [0, 0.1) is 35.5 Å². The van der Waals surface area contributed by atoms with Gasteiger partial charge in [0.2, 0.25) is 70.9 Å². The summed E-state index contributed by atoms with van der Waals surface area (Å²) in [5.74, 6) is -10.9. The molecular weight excluding hydrogens is 1320 g/mol. The van der Waals surface area contributed by atoms with Crippen LogP contribution < -0.4 is 21.3 Å². The van der Waals surface area contributed by atoms with Crippen molar-refractivity contribution in [3.63, 3.8) is 0 Å². The molecule has 8 rings (SSSR count). The zero-order valence-corrected chi connectivity index (χ0v) is 61.3. The molecule has 0 aromatic carbocycles. The van der Waals surface area contributed by atoms with Crippen LogP contribution in [-0.2, 0) is 62.3 Å². The Bertz CT molecular complexity index is 2960. The van der Waals surface area contributed by atoms with E-state index in [4.69, 9.17) is 16.3 Å². The summed E-state index contributed by atoms with van der Waals surface area (Å²) in [5, 5.41) is 10.4. The number of morpholine rings is 1. The van der Waals surface area contributed by atoms with Gasteiger partial charge in [-0.1, -0.05) is 72.6 Å². The van der Waals surface area contributed by atoms with Crippen molar-refractivity contribution in [3.8, 4) is 0 Å². The first-order valence-corrected chi connectivity index (χ1v) is 37.5. The highest BCUT2D eigenvalue weighted by Gasteiger charge is 2.53. The van der Waals surface area contributed by atoms with E-state index in [9.17, 15) is 41.9 Å². The second-order valence-corrected chi connectivity index (χ2v) is 31.0. The minimum atomic E-state index is -4.51. The number of nitrogens with one attached hydrogen (secondary N) is 4. The Balaban J connectivity index is 1.16. The third-order valence-corrected chi connectivity index (χ3v) is 23.7. The Kier molecular flexibility index (Phi) is 27.6. The quantitative estimate of drug-likeness (QED) is 0.204. The maximum absolute atomic E-state index is 15.8. The predicted octanol–water partition coefficient (Wildman–Crippen LogP) is 4.74. The van der Waals surface area contributed by atoms with Gasteiger partial charge in [0, 0.05) is 66.3 Å². The van der Waals surface area contributed by atoms with Crippen LogP contribution in [0.5, 0.6) is 0 Å². The number of alkyl halides is 4. The number of ether oxygens (including phenoxy) is 1. The number of hydrogen-bond acceptors (Lipinski definition) is 13. The van der Waals surface area contributed by atoms with Crippen LogP contribution in [0.4, 0.5) is 13.2 Å². The van der Waals surface area contributed by atoms with E-state index in [0.717, 1.165) is 25.7 Å². The summed E-state index contributed by atoms with van der Waals surface area (Å²) >= 11 is 6.40. The third-order valence-electron chi connectivity index (χ3n) is 23.3. The van der Waals surface area contributed by atoms with Gasteiger partial charge in [-0.05, 0) is 140 Å². The largest absolute Gasteiger partial charge is 0.393 e. The highest BCUT2D eigenvalue weighted by Crippen LogP contribution is 2.44. The highest BCUT2D eigenvalue weighted by molar-refractivity contribution is 6.21. The lowest BCUT2D eigenvalue weighted by atomic mass is 9.78. The zero-order chi connectivity index (χ0) is 73.2. The molecule has 3 unspecified atom stereocenters. The standard InChI is InChI=1S/C71H112ClF3N12O13/c1-11-43(5)57-62(92)76-44(6)63(93)87-33-29-52(87)65(95)82(9)58(46-20-13-14-21-46)67(97)80(7)41-55(88)77-50(28-26-45-25-27-48(49(72)39-45)71(73,74)75)64(94)86-32-19-24-51(86)61(91)79-70(30-17-18-31-70)69(99)83(10)59(47-22-15-16-23-47)68(98)81(8)54(66(96)84-34-36-100-37-35-84)40-56(89)85(12-2)53(38-42(3)4)60(90)78-57/h42-54,57-59H,11-41H2,1-10H3,(H,76,92)(H,77,88)(H,78,90)(H,79,91)/t43-,44-,45?,48?,49?,50-,51-,52-,53-,54-,57-,58-,59-/m0/s1. The van der Waals surface area contributed by atoms with Gasteiger partial charge >= 0.3 is 6.18 Å². The Hall–Kier alpha value is -6.32. The number of nitrogens with zero attached hydrogens (tertiary/aromatic N) is 8. The van der Waals surface area contributed by atoms with Gasteiger partial charge in [0.25, 0.3) is 0 Å². The van der Waals surface area contributed by atoms with Gasteiger partial charge in [-0.15, -0.1) is 11.6 Å². The molecule has 1 spiro atoms. The summed E-state index contributed by atoms with van der Waals surface area (Å²) in [4.78, 5) is 191. The van der Waals surface area contributed by atoms with E-state index in [1.807, 2.05) is 20.8 Å². The van der Waals surface area contributed by atoms with Crippen LogP contribution >= 0.6 is 11.6 Å². The number of fused-ring (bicyclic) bond motifs is 2. The fourth-order valence-corrected chi connectivity index (χ4v) is 17.6. The monoisotopic (exact) mass is 1430 g/mol. The molecule has 4 saturated heterocycles. The van der Waals surface area contributed by atoms with Crippen molar-refractivity contribution in [2.24, 2.45) is 35.5 Å². The van der Waals surface area contributed by atoms with Crippen LogP contribution in [0.25, 0.3) is 0 Å². The molecule has 4 aliphatic heterocycles. The van der Waals surface area contributed by atoms with Crippen LogP contribution in [0.15, 0.2) is 0 Å². The van der Waals surface area contributed by atoms with Gasteiger partial charge in [-0.2, -0.15) is 13.2 Å². The van der Waals surface area contributed by atoms with Crippen molar-refractivity contribution in [1.29, 1.82) is 0 Å². The summed E-state index contributed by atoms with van der Waals surface area (Å²) in [6.45, 7) is 10.9. The lowest BCUT2D eigenvalue weighted by Gasteiger charge is -2.45. The molecule has 0 bridgehead atoms. The van der Waals surface area contributed by atoms with Crippen molar-refractivity contribution < 1.29 is 75.4 Å². The Morgan fingerprint density at radius 3 is 1.81 bits per heavy atom. The van der Waals surface area contributed by atoms with E-state index >= 15 is 28.8 Å². The first-order valence-electron chi connectivity index (χ1n) is 37.1. The van der Waals surface area contributed by atoms with Crippen molar-refractivity contribution in [2.45, 2.75) is 261 Å². The summed E-state index contributed by atoms with van der Waals surface area (Å²) in [6.07, 6.45) is 2.97. The number of carbonyl (C=O) groups excluding carboxylic acids is 12. The van der Waals surface area contributed by atoms with E-state index in [-0.39, 0.29) is 128 Å².